The topological polar surface area (TPSA) is 86.9 Å². The summed E-state index contributed by atoms with van der Waals surface area (Å²) in [6, 6.07) is 8.28. The number of nitrogens with zero attached hydrogens (tertiary/aromatic N) is 1. The maximum Gasteiger partial charge on any atom is 0.261 e. The van der Waals surface area contributed by atoms with Crippen LogP contribution in [0.15, 0.2) is 30.3 Å². The van der Waals surface area contributed by atoms with Crippen molar-refractivity contribution in [2.45, 2.75) is 6.92 Å². The lowest BCUT2D eigenvalue weighted by molar-refractivity contribution is 0.0959. The molecule has 0 radical (unpaired) electrons. The highest BCUT2D eigenvalue weighted by atomic mass is 35.5. The van der Waals surface area contributed by atoms with Crippen LogP contribution in [0.1, 0.15) is 27.0 Å². The standard InChI is InChI=1S/C15H13ClN4O2S/c1-2-17-14(22)11-7-10-12(19-20-15(10)23-11)18-13(21)8-3-5-9(16)6-4-8/h3-7H,2H2,1H3,(H,17,22)(H2,18,19,20,21). The average Bonchev–Trinajstić information content (AvgIpc) is 3.10. The molecule has 0 aliphatic carbocycles. The molecule has 0 aliphatic heterocycles. The highest BCUT2D eigenvalue weighted by Crippen LogP contribution is 2.29. The zero-order chi connectivity index (χ0) is 16.4. The number of carbonyl (C=O) groups excluding carboxylic acids is 2. The quantitative estimate of drug-likeness (QED) is 0.676. The summed E-state index contributed by atoms with van der Waals surface area (Å²) < 4.78 is 0. The molecule has 0 fully saturated rings. The van der Waals surface area contributed by atoms with Gasteiger partial charge in [0, 0.05) is 17.1 Å². The Kier molecular flexibility index (Phi) is 4.31. The Morgan fingerprint density at radius 1 is 1.26 bits per heavy atom. The fraction of sp³-hybridized carbons (Fsp3) is 0.133. The zero-order valence-corrected chi connectivity index (χ0v) is 13.7. The lowest BCUT2D eigenvalue weighted by Crippen LogP contribution is -2.21. The van der Waals surface area contributed by atoms with Gasteiger partial charge in [-0.25, -0.2) is 0 Å². The van der Waals surface area contributed by atoms with Crippen molar-refractivity contribution in [1.82, 2.24) is 15.5 Å². The first-order chi connectivity index (χ1) is 11.1. The third-order valence-electron chi connectivity index (χ3n) is 3.16. The van der Waals surface area contributed by atoms with Gasteiger partial charge in [0.1, 0.15) is 4.83 Å². The minimum atomic E-state index is -0.291. The first-order valence-corrected chi connectivity index (χ1v) is 8.11. The third-order valence-corrected chi connectivity index (χ3v) is 4.45. The van der Waals surface area contributed by atoms with Crippen LogP contribution in [-0.4, -0.2) is 28.6 Å². The van der Waals surface area contributed by atoms with Crippen molar-refractivity contribution in [3.05, 3.63) is 45.8 Å². The van der Waals surface area contributed by atoms with Crippen molar-refractivity contribution < 1.29 is 9.59 Å². The summed E-state index contributed by atoms with van der Waals surface area (Å²) in [6.45, 7) is 2.42. The second-order valence-corrected chi connectivity index (χ2v) is 6.23. The molecule has 2 heterocycles. The number of aromatic nitrogens is 2. The van der Waals surface area contributed by atoms with Gasteiger partial charge >= 0.3 is 0 Å². The molecule has 0 saturated carbocycles. The van der Waals surface area contributed by atoms with Crippen LogP contribution in [0.3, 0.4) is 0 Å². The Hall–Kier alpha value is -2.38. The summed E-state index contributed by atoms with van der Waals surface area (Å²) >= 11 is 7.10. The molecule has 0 spiro atoms. The molecule has 1 aromatic carbocycles. The van der Waals surface area contributed by atoms with Gasteiger partial charge in [-0.15, -0.1) is 11.3 Å². The van der Waals surface area contributed by atoms with Gasteiger partial charge in [0.2, 0.25) is 0 Å². The molecule has 3 aromatic rings. The molecular formula is C15H13ClN4O2S. The molecule has 3 rings (SSSR count). The van der Waals surface area contributed by atoms with Crippen molar-refractivity contribution in [1.29, 1.82) is 0 Å². The van der Waals surface area contributed by atoms with E-state index < -0.39 is 0 Å². The summed E-state index contributed by atoms with van der Waals surface area (Å²) in [7, 11) is 0. The van der Waals surface area contributed by atoms with Gasteiger partial charge < -0.3 is 10.6 Å². The first kappa shape index (κ1) is 15.5. The van der Waals surface area contributed by atoms with Crippen LogP contribution in [0.25, 0.3) is 10.2 Å². The number of anilines is 1. The molecule has 6 nitrogen and oxygen atoms in total. The fourth-order valence-electron chi connectivity index (χ4n) is 2.05. The number of nitrogens with one attached hydrogen (secondary N) is 3. The number of benzene rings is 1. The highest BCUT2D eigenvalue weighted by Gasteiger charge is 2.16. The molecule has 118 valence electrons. The Morgan fingerprint density at radius 3 is 2.70 bits per heavy atom. The van der Waals surface area contributed by atoms with E-state index in [-0.39, 0.29) is 11.8 Å². The second kappa shape index (κ2) is 6.39. The highest BCUT2D eigenvalue weighted by molar-refractivity contribution is 7.20. The monoisotopic (exact) mass is 348 g/mol. The van der Waals surface area contributed by atoms with Gasteiger partial charge in [-0.05, 0) is 37.3 Å². The SMILES string of the molecule is CCNC(=O)c1cc2c(NC(=O)c3ccc(Cl)cc3)n[nH]c2s1. The van der Waals surface area contributed by atoms with E-state index in [0.717, 1.165) is 4.83 Å². The second-order valence-electron chi connectivity index (χ2n) is 4.75. The number of halogens is 1. The lowest BCUT2D eigenvalue weighted by atomic mass is 10.2. The van der Waals surface area contributed by atoms with E-state index in [1.807, 2.05) is 6.92 Å². The van der Waals surface area contributed by atoms with E-state index in [9.17, 15) is 9.59 Å². The van der Waals surface area contributed by atoms with E-state index in [1.54, 1.807) is 30.3 Å². The van der Waals surface area contributed by atoms with Gasteiger partial charge in [0.05, 0.1) is 10.3 Å². The van der Waals surface area contributed by atoms with E-state index in [1.165, 1.54) is 11.3 Å². The van der Waals surface area contributed by atoms with Crippen LogP contribution >= 0.6 is 22.9 Å². The van der Waals surface area contributed by atoms with Gasteiger partial charge in [0.25, 0.3) is 11.8 Å². The van der Waals surface area contributed by atoms with Crippen molar-refractivity contribution in [2.24, 2.45) is 0 Å². The maximum atomic E-state index is 12.2. The number of thiophene rings is 1. The molecule has 3 N–H and O–H groups in total. The fourth-order valence-corrected chi connectivity index (χ4v) is 3.10. The number of rotatable bonds is 4. The minimum Gasteiger partial charge on any atom is -0.352 e. The lowest BCUT2D eigenvalue weighted by Gasteiger charge is -2.02. The van der Waals surface area contributed by atoms with Gasteiger partial charge in [-0.2, -0.15) is 5.10 Å². The van der Waals surface area contributed by atoms with Crippen molar-refractivity contribution in [2.75, 3.05) is 11.9 Å². The zero-order valence-electron chi connectivity index (χ0n) is 12.1. The Balaban J connectivity index is 1.84. The van der Waals surface area contributed by atoms with E-state index in [0.29, 0.717) is 33.2 Å². The smallest absolute Gasteiger partial charge is 0.261 e. The van der Waals surface area contributed by atoms with Crippen LogP contribution in [0.4, 0.5) is 5.82 Å². The van der Waals surface area contributed by atoms with Crippen LogP contribution in [0.5, 0.6) is 0 Å². The molecule has 8 heteroatoms. The summed E-state index contributed by atoms with van der Waals surface area (Å²) in [5.74, 6) is -0.0374. The molecule has 2 amide bonds. The normalized spacial score (nSPS) is 10.7. The summed E-state index contributed by atoms with van der Waals surface area (Å²) in [6.07, 6.45) is 0. The van der Waals surface area contributed by atoms with E-state index in [4.69, 9.17) is 11.6 Å². The Labute approximate surface area is 140 Å². The van der Waals surface area contributed by atoms with Crippen LogP contribution in [-0.2, 0) is 0 Å². The van der Waals surface area contributed by atoms with Gasteiger partial charge in [-0.1, -0.05) is 11.6 Å². The molecule has 23 heavy (non-hydrogen) atoms. The minimum absolute atomic E-state index is 0.142. The number of H-pyrrole nitrogens is 1. The molecular weight excluding hydrogens is 336 g/mol. The average molecular weight is 349 g/mol. The number of amides is 2. The van der Waals surface area contributed by atoms with Crippen LogP contribution in [0, 0.1) is 0 Å². The summed E-state index contributed by atoms with van der Waals surface area (Å²) in [4.78, 5) is 25.4. The largest absolute Gasteiger partial charge is 0.352 e. The molecule has 0 saturated heterocycles. The number of hydrogen-bond donors (Lipinski definition) is 3. The van der Waals surface area contributed by atoms with Crippen LogP contribution in [0.2, 0.25) is 5.02 Å². The Bertz CT molecular complexity index is 869. The molecule has 0 aliphatic rings. The molecule has 0 atom stereocenters. The van der Waals surface area contributed by atoms with Crippen molar-refractivity contribution >= 4 is 50.8 Å². The van der Waals surface area contributed by atoms with Crippen LogP contribution < -0.4 is 10.6 Å². The molecule has 0 unspecified atom stereocenters. The molecule has 2 aromatic heterocycles. The molecule has 0 bridgehead atoms. The summed E-state index contributed by atoms with van der Waals surface area (Å²) in [5.41, 5.74) is 0.477. The van der Waals surface area contributed by atoms with E-state index >= 15 is 0 Å². The number of carbonyl (C=O) groups is 2. The predicted octanol–water partition coefficient (Wildman–Crippen LogP) is 3.28. The number of aromatic amines is 1. The van der Waals surface area contributed by atoms with E-state index in [2.05, 4.69) is 20.8 Å². The van der Waals surface area contributed by atoms with Gasteiger partial charge in [-0.3, -0.25) is 14.7 Å². The number of fused-ring (bicyclic) bond motifs is 1. The van der Waals surface area contributed by atoms with Gasteiger partial charge in [0.15, 0.2) is 5.82 Å². The first-order valence-electron chi connectivity index (χ1n) is 6.91. The predicted molar refractivity (Wildman–Crippen MR) is 91.4 cm³/mol. The van der Waals surface area contributed by atoms with Crippen molar-refractivity contribution in [3.63, 3.8) is 0 Å². The maximum absolute atomic E-state index is 12.2. The number of hydrogen-bond acceptors (Lipinski definition) is 4. The summed E-state index contributed by atoms with van der Waals surface area (Å²) in [5, 5.41) is 13.7. The van der Waals surface area contributed by atoms with Crippen molar-refractivity contribution in [3.8, 4) is 0 Å². The third kappa shape index (κ3) is 3.20. The Morgan fingerprint density at radius 2 is 2.00 bits per heavy atom.